The summed E-state index contributed by atoms with van der Waals surface area (Å²) in [6, 6.07) is 55.9. The van der Waals surface area contributed by atoms with E-state index in [2.05, 4.69) is 161 Å². The predicted molar refractivity (Wildman–Crippen MR) is 191 cm³/mol. The van der Waals surface area contributed by atoms with Crippen molar-refractivity contribution in [3.63, 3.8) is 0 Å². The molecule has 0 N–H and O–H groups in total. The highest BCUT2D eigenvalue weighted by atomic mass is 15.2. The smallest absolute Gasteiger partial charge is 0.235 e. The van der Waals surface area contributed by atoms with Crippen molar-refractivity contribution in [2.75, 3.05) is 0 Å². The summed E-state index contributed by atoms with van der Waals surface area (Å²) in [5.74, 6) is 0.662. The van der Waals surface area contributed by atoms with Crippen LogP contribution in [0.1, 0.15) is 0 Å². The number of nitrogens with zero attached hydrogens (tertiary/aromatic N) is 4. The van der Waals surface area contributed by atoms with E-state index in [1.165, 1.54) is 43.4 Å². The van der Waals surface area contributed by atoms with Crippen molar-refractivity contribution in [1.82, 2.24) is 19.1 Å². The molecular weight excluding hydrogens is 560 g/mol. The zero-order chi connectivity index (χ0) is 30.2. The van der Waals surface area contributed by atoms with Gasteiger partial charge in [0.25, 0.3) is 0 Å². The summed E-state index contributed by atoms with van der Waals surface area (Å²) in [4.78, 5) is 10.6. The van der Waals surface area contributed by atoms with Crippen LogP contribution >= 0.6 is 0 Å². The van der Waals surface area contributed by atoms with Crippen molar-refractivity contribution in [3.8, 4) is 22.9 Å². The van der Waals surface area contributed by atoms with Crippen LogP contribution in [-0.2, 0) is 0 Å². The Balaban J connectivity index is 1.42. The van der Waals surface area contributed by atoms with E-state index in [-0.39, 0.29) is 0 Å². The lowest BCUT2D eigenvalue weighted by Crippen LogP contribution is -2.03. The molecule has 0 saturated carbocycles. The molecular formula is C42H26N4. The molecule has 0 aliphatic carbocycles. The van der Waals surface area contributed by atoms with Gasteiger partial charge in [-0.3, -0.25) is 4.57 Å². The lowest BCUT2D eigenvalue weighted by molar-refractivity contribution is 1.01. The second-order valence-corrected chi connectivity index (χ2v) is 11.9. The van der Waals surface area contributed by atoms with Gasteiger partial charge in [0.05, 0.1) is 33.3 Å². The zero-order valence-electron chi connectivity index (χ0n) is 24.8. The van der Waals surface area contributed by atoms with E-state index in [1.807, 2.05) is 6.07 Å². The minimum absolute atomic E-state index is 0.662. The molecule has 0 unspecified atom stereocenters. The number of rotatable bonds is 3. The number of aromatic nitrogens is 4. The fourth-order valence-corrected chi connectivity index (χ4v) is 7.28. The topological polar surface area (TPSA) is 35.6 Å². The van der Waals surface area contributed by atoms with Gasteiger partial charge >= 0.3 is 0 Å². The largest absolute Gasteiger partial charge is 0.309 e. The summed E-state index contributed by atoms with van der Waals surface area (Å²) in [6.07, 6.45) is 0. The third-order valence-corrected chi connectivity index (χ3v) is 9.28. The van der Waals surface area contributed by atoms with Gasteiger partial charge in [-0.05, 0) is 53.2 Å². The Labute approximate surface area is 264 Å². The molecule has 0 atom stereocenters. The third kappa shape index (κ3) is 3.55. The minimum atomic E-state index is 0.662. The van der Waals surface area contributed by atoms with Gasteiger partial charge in [-0.15, -0.1) is 0 Å². The minimum Gasteiger partial charge on any atom is -0.309 e. The van der Waals surface area contributed by atoms with E-state index in [4.69, 9.17) is 9.97 Å². The second-order valence-electron chi connectivity index (χ2n) is 11.9. The van der Waals surface area contributed by atoms with Crippen molar-refractivity contribution in [1.29, 1.82) is 0 Å². The van der Waals surface area contributed by atoms with Gasteiger partial charge in [0.2, 0.25) is 5.95 Å². The van der Waals surface area contributed by atoms with Crippen LogP contribution in [0.15, 0.2) is 158 Å². The molecule has 0 radical (unpaired) electrons. The summed E-state index contributed by atoms with van der Waals surface area (Å²) >= 11 is 0. The van der Waals surface area contributed by atoms with E-state index in [9.17, 15) is 0 Å². The monoisotopic (exact) mass is 586 g/mol. The van der Waals surface area contributed by atoms with E-state index in [1.54, 1.807) is 0 Å². The fraction of sp³-hybridized carbons (Fsp3) is 0. The van der Waals surface area contributed by atoms with E-state index in [0.717, 1.165) is 38.9 Å². The summed E-state index contributed by atoms with van der Waals surface area (Å²) in [7, 11) is 0. The SMILES string of the molecule is c1ccc(-c2nc(-n3c4cc5ccccc5cc4c4c3ccc3c5ccccc5n(-c5ccccc5)c34)nc3ccccc23)cc1. The van der Waals surface area contributed by atoms with Crippen LogP contribution in [0.4, 0.5) is 0 Å². The van der Waals surface area contributed by atoms with Crippen LogP contribution in [0.25, 0.3) is 88.2 Å². The van der Waals surface area contributed by atoms with Crippen LogP contribution in [0, 0.1) is 0 Å². The van der Waals surface area contributed by atoms with Gasteiger partial charge in [0.15, 0.2) is 0 Å². The highest BCUT2D eigenvalue weighted by Gasteiger charge is 2.23. The maximum Gasteiger partial charge on any atom is 0.235 e. The average Bonchev–Trinajstić information content (AvgIpc) is 3.63. The summed E-state index contributed by atoms with van der Waals surface area (Å²) in [5.41, 5.74) is 8.58. The van der Waals surface area contributed by atoms with Crippen LogP contribution in [0.5, 0.6) is 0 Å². The van der Waals surface area contributed by atoms with Crippen LogP contribution in [-0.4, -0.2) is 19.1 Å². The molecule has 0 bridgehead atoms. The van der Waals surface area contributed by atoms with Gasteiger partial charge in [0, 0.05) is 38.2 Å². The standard InChI is InChI=1S/C42H26N4/c1-3-13-27(14-4-1)40-33-20-9-11-21-35(33)43-42(44-40)46-37-24-23-32-31-19-10-12-22-36(31)45(30-17-5-2-6-18-30)41(32)39(37)34-25-28-15-7-8-16-29(28)26-38(34)46/h1-26H. The van der Waals surface area contributed by atoms with Crippen molar-refractivity contribution < 1.29 is 0 Å². The first-order chi connectivity index (χ1) is 22.8. The number of para-hydroxylation sites is 3. The second kappa shape index (κ2) is 9.62. The lowest BCUT2D eigenvalue weighted by Gasteiger charge is -2.12. The number of hydrogen-bond acceptors (Lipinski definition) is 2. The molecule has 0 amide bonds. The molecule has 3 aromatic heterocycles. The molecule has 0 spiro atoms. The van der Waals surface area contributed by atoms with Crippen molar-refractivity contribution >= 4 is 65.3 Å². The maximum atomic E-state index is 5.34. The molecule has 0 aliphatic rings. The molecule has 46 heavy (non-hydrogen) atoms. The van der Waals surface area contributed by atoms with E-state index in [0.29, 0.717) is 5.95 Å². The van der Waals surface area contributed by atoms with Gasteiger partial charge in [0.1, 0.15) is 0 Å². The van der Waals surface area contributed by atoms with Crippen molar-refractivity contribution in [3.05, 3.63) is 158 Å². The molecule has 4 heteroatoms. The molecule has 4 nitrogen and oxygen atoms in total. The summed E-state index contributed by atoms with van der Waals surface area (Å²) in [5, 5.41) is 8.26. The molecule has 0 aliphatic heterocycles. The van der Waals surface area contributed by atoms with Gasteiger partial charge in [-0.2, -0.15) is 0 Å². The first kappa shape index (κ1) is 25.1. The Morgan fingerprint density at radius 2 is 1.09 bits per heavy atom. The predicted octanol–water partition coefficient (Wildman–Crippen LogP) is 10.6. The first-order valence-electron chi connectivity index (χ1n) is 15.6. The highest BCUT2D eigenvalue weighted by molar-refractivity contribution is 6.27. The fourth-order valence-electron chi connectivity index (χ4n) is 7.28. The Hall–Kier alpha value is -6.26. The Morgan fingerprint density at radius 3 is 1.91 bits per heavy atom. The number of fused-ring (bicyclic) bond motifs is 9. The van der Waals surface area contributed by atoms with Gasteiger partial charge in [-0.25, -0.2) is 9.97 Å². The van der Waals surface area contributed by atoms with E-state index < -0.39 is 0 Å². The van der Waals surface area contributed by atoms with Crippen LogP contribution in [0.2, 0.25) is 0 Å². The molecule has 10 rings (SSSR count). The summed E-state index contributed by atoms with van der Waals surface area (Å²) in [6.45, 7) is 0. The van der Waals surface area contributed by atoms with Crippen molar-refractivity contribution in [2.24, 2.45) is 0 Å². The van der Waals surface area contributed by atoms with Crippen LogP contribution < -0.4 is 0 Å². The molecule has 0 saturated heterocycles. The Kier molecular flexibility index (Phi) is 5.25. The van der Waals surface area contributed by atoms with Crippen molar-refractivity contribution in [2.45, 2.75) is 0 Å². The third-order valence-electron chi connectivity index (χ3n) is 9.28. The molecule has 3 heterocycles. The number of hydrogen-bond donors (Lipinski definition) is 0. The van der Waals surface area contributed by atoms with Crippen LogP contribution in [0.3, 0.4) is 0 Å². The number of benzene rings is 7. The highest BCUT2D eigenvalue weighted by Crippen LogP contribution is 2.43. The first-order valence-corrected chi connectivity index (χ1v) is 15.6. The molecule has 10 aromatic rings. The Bertz CT molecular complexity index is 2790. The zero-order valence-corrected chi connectivity index (χ0v) is 24.8. The average molecular weight is 587 g/mol. The maximum absolute atomic E-state index is 5.34. The summed E-state index contributed by atoms with van der Waals surface area (Å²) < 4.78 is 4.69. The van der Waals surface area contributed by atoms with Gasteiger partial charge in [-0.1, -0.05) is 115 Å². The lowest BCUT2D eigenvalue weighted by atomic mass is 10.0. The normalized spacial score (nSPS) is 11.9. The quantitative estimate of drug-likeness (QED) is 0.206. The van der Waals surface area contributed by atoms with E-state index >= 15 is 0 Å². The van der Waals surface area contributed by atoms with Gasteiger partial charge < -0.3 is 4.57 Å². The molecule has 0 fully saturated rings. The molecule has 7 aromatic carbocycles. The Morgan fingerprint density at radius 1 is 0.413 bits per heavy atom. The molecule has 214 valence electrons.